The molecule has 1 amide bonds. The Hall–Kier alpha value is -1.17. The first-order valence-corrected chi connectivity index (χ1v) is 7.21. The Kier molecular flexibility index (Phi) is 7.51. The minimum atomic E-state index is -0.112. The first kappa shape index (κ1) is 16.9. The number of nitrogens with one attached hydrogen (secondary N) is 2. The number of nitrogens with zero attached hydrogens (tertiary/aromatic N) is 1. The van der Waals surface area contributed by atoms with E-state index < -0.39 is 0 Å². The molecule has 0 aliphatic carbocycles. The van der Waals surface area contributed by atoms with Crippen LogP contribution < -0.4 is 10.6 Å². The van der Waals surface area contributed by atoms with Crippen molar-refractivity contribution in [1.82, 2.24) is 10.3 Å². The van der Waals surface area contributed by atoms with E-state index in [9.17, 15) is 4.79 Å². The second-order valence-corrected chi connectivity index (χ2v) is 5.14. The largest absolute Gasteiger partial charge is 0.396 e. The molecule has 3 N–H and O–H groups in total. The van der Waals surface area contributed by atoms with Crippen LogP contribution in [0.25, 0.3) is 0 Å². The molecule has 0 radical (unpaired) electrons. The fourth-order valence-electron chi connectivity index (χ4n) is 1.98. The van der Waals surface area contributed by atoms with E-state index in [4.69, 9.17) is 16.7 Å². The van der Waals surface area contributed by atoms with Crippen molar-refractivity contribution in [3.63, 3.8) is 0 Å². The number of hydrogen-bond donors (Lipinski definition) is 3. The van der Waals surface area contributed by atoms with Crippen molar-refractivity contribution >= 4 is 23.2 Å². The summed E-state index contributed by atoms with van der Waals surface area (Å²) in [5, 5.41) is 15.3. The molecule has 0 bridgehead atoms. The summed E-state index contributed by atoms with van der Waals surface area (Å²) in [5.74, 6) is -0.112. The van der Waals surface area contributed by atoms with Gasteiger partial charge in [-0.05, 0) is 31.9 Å². The second kappa shape index (κ2) is 8.89. The van der Waals surface area contributed by atoms with Gasteiger partial charge in [-0.25, -0.2) is 4.98 Å². The Morgan fingerprint density at radius 3 is 2.90 bits per heavy atom. The number of carbonyl (C=O) groups is 1. The van der Waals surface area contributed by atoms with Crippen LogP contribution >= 0.6 is 11.6 Å². The van der Waals surface area contributed by atoms with Crippen molar-refractivity contribution in [2.24, 2.45) is 0 Å². The van der Waals surface area contributed by atoms with Crippen molar-refractivity contribution < 1.29 is 9.90 Å². The van der Waals surface area contributed by atoms with E-state index in [1.54, 1.807) is 18.3 Å². The van der Waals surface area contributed by atoms with E-state index in [1.165, 1.54) is 0 Å². The monoisotopic (exact) mass is 299 g/mol. The van der Waals surface area contributed by atoms with E-state index in [2.05, 4.69) is 22.5 Å². The highest BCUT2D eigenvalue weighted by molar-refractivity contribution is 6.32. The fourth-order valence-corrected chi connectivity index (χ4v) is 2.15. The third-order valence-corrected chi connectivity index (χ3v) is 3.32. The lowest BCUT2D eigenvalue weighted by Gasteiger charge is -2.21. The van der Waals surface area contributed by atoms with E-state index in [0.29, 0.717) is 18.5 Å². The number of hydrogen-bond acceptors (Lipinski definition) is 4. The summed E-state index contributed by atoms with van der Waals surface area (Å²) in [6.45, 7) is 4.15. The van der Waals surface area contributed by atoms with Crippen LogP contribution in [0.5, 0.6) is 0 Å². The highest BCUT2D eigenvalue weighted by atomic mass is 35.5. The first-order valence-electron chi connectivity index (χ1n) is 6.84. The maximum absolute atomic E-state index is 11.9. The maximum atomic E-state index is 11.9. The highest BCUT2D eigenvalue weighted by Crippen LogP contribution is 2.17. The predicted octanol–water partition coefficient (Wildman–Crippen LogP) is 2.20. The maximum Gasteiger partial charge on any atom is 0.226 e. The molecular formula is C14H22ClN3O2. The van der Waals surface area contributed by atoms with Gasteiger partial charge in [0, 0.05) is 31.3 Å². The molecule has 112 valence electrons. The number of anilines is 1. The zero-order valence-electron chi connectivity index (χ0n) is 11.9. The lowest BCUT2D eigenvalue weighted by Crippen LogP contribution is -2.38. The number of carbonyl (C=O) groups excluding carboxylic acids is 1. The van der Waals surface area contributed by atoms with Crippen molar-refractivity contribution in [3.8, 4) is 0 Å². The van der Waals surface area contributed by atoms with Gasteiger partial charge < -0.3 is 15.7 Å². The van der Waals surface area contributed by atoms with Crippen LogP contribution in [0.15, 0.2) is 18.3 Å². The third-order valence-electron chi connectivity index (χ3n) is 3.02. The van der Waals surface area contributed by atoms with Gasteiger partial charge >= 0.3 is 0 Å². The number of halogens is 1. The van der Waals surface area contributed by atoms with E-state index in [1.807, 2.05) is 6.92 Å². The number of aliphatic hydroxyl groups is 1. The molecule has 2 atom stereocenters. The summed E-state index contributed by atoms with van der Waals surface area (Å²) >= 11 is 5.88. The standard InChI is InChI=1S/C14H22ClN3O2/c1-3-11(6-8-19)17-10(2)9-13(20)18-12-5-4-7-16-14(12)15/h4-5,7,10-11,17,19H,3,6,8-9H2,1-2H3,(H,18,20). The van der Waals surface area contributed by atoms with E-state index in [-0.39, 0.29) is 29.8 Å². The van der Waals surface area contributed by atoms with Crippen LogP contribution in [0.2, 0.25) is 5.15 Å². The minimum absolute atomic E-state index is 0.0296. The molecule has 0 aliphatic heterocycles. The molecule has 0 fully saturated rings. The van der Waals surface area contributed by atoms with Crippen LogP contribution in [0, 0.1) is 0 Å². The Balaban J connectivity index is 2.43. The van der Waals surface area contributed by atoms with Crippen LogP contribution in [0.4, 0.5) is 5.69 Å². The van der Waals surface area contributed by atoms with Crippen molar-refractivity contribution in [1.29, 1.82) is 0 Å². The highest BCUT2D eigenvalue weighted by Gasteiger charge is 2.14. The normalized spacial score (nSPS) is 13.8. The van der Waals surface area contributed by atoms with Gasteiger partial charge in [-0.3, -0.25) is 4.79 Å². The lowest BCUT2D eigenvalue weighted by molar-refractivity contribution is -0.116. The van der Waals surface area contributed by atoms with Crippen LogP contribution in [-0.2, 0) is 4.79 Å². The zero-order chi connectivity index (χ0) is 15.0. The van der Waals surface area contributed by atoms with Gasteiger partial charge in [0.25, 0.3) is 0 Å². The van der Waals surface area contributed by atoms with Gasteiger partial charge in [0.2, 0.25) is 5.91 Å². The minimum Gasteiger partial charge on any atom is -0.396 e. The number of amides is 1. The Morgan fingerprint density at radius 1 is 1.55 bits per heavy atom. The molecule has 1 heterocycles. The number of pyridine rings is 1. The smallest absolute Gasteiger partial charge is 0.226 e. The molecule has 20 heavy (non-hydrogen) atoms. The Morgan fingerprint density at radius 2 is 2.30 bits per heavy atom. The first-order chi connectivity index (χ1) is 9.56. The number of rotatable bonds is 8. The van der Waals surface area contributed by atoms with Crippen molar-refractivity contribution in [2.45, 2.75) is 45.2 Å². The summed E-state index contributed by atoms with van der Waals surface area (Å²) in [7, 11) is 0. The summed E-state index contributed by atoms with van der Waals surface area (Å²) in [4.78, 5) is 15.8. The summed E-state index contributed by atoms with van der Waals surface area (Å²) in [5.41, 5.74) is 0.522. The molecule has 0 spiro atoms. The second-order valence-electron chi connectivity index (χ2n) is 4.78. The van der Waals surface area contributed by atoms with Gasteiger partial charge in [-0.2, -0.15) is 0 Å². The summed E-state index contributed by atoms with van der Waals surface area (Å²) in [6, 6.07) is 3.69. The van der Waals surface area contributed by atoms with Crippen LogP contribution in [-0.4, -0.2) is 34.7 Å². The van der Waals surface area contributed by atoms with Gasteiger partial charge in [0.15, 0.2) is 5.15 Å². The molecule has 2 unspecified atom stereocenters. The van der Waals surface area contributed by atoms with E-state index >= 15 is 0 Å². The van der Waals surface area contributed by atoms with E-state index in [0.717, 1.165) is 6.42 Å². The van der Waals surface area contributed by atoms with Crippen LogP contribution in [0.1, 0.15) is 33.1 Å². The average Bonchev–Trinajstić information content (AvgIpc) is 2.40. The van der Waals surface area contributed by atoms with Gasteiger partial charge in [-0.1, -0.05) is 18.5 Å². The lowest BCUT2D eigenvalue weighted by atomic mass is 10.1. The number of aliphatic hydroxyl groups excluding tert-OH is 1. The number of aromatic nitrogens is 1. The van der Waals surface area contributed by atoms with Gasteiger partial charge in [-0.15, -0.1) is 0 Å². The molecule has 0 aliphatic rings. The van der Waals surface area contributed by atoms with Crippen molar-refractivity contribution in [3.05, 3.63) is 23.5 Å². The molecule has 5 nitrogen and oxygen atoms in total. The quantitative estimate of drug-likeness (QED) is 0.643. The van der Waals surface area contributed by atoms with Gasteiger partial charge in [0.05, 0.1) is 5.69 Å². The van der Waals surface area contributed by atoms with Crippen LogP contribution in [0.3, 0.4) is 0 Å². The molecule has 0 aromatic carbocycles. The molecule has 6 heteroatoms. The topological polar surface area (TPSA) is 74.2 Å². The Labute approximate surface area is 124 Å². The zero-order valence-corrected chi connectivity index (χ0v) is 12.7. The fraction of sp³-hybridized carbons (Fsp3) is 0.571. The molecule has 0 saturated heterocycles. The average molecular weight is 300 g/mol. The molecule has 0 saturated carbocycles. The van der Waals surface area contributed by atoms with Crippen molar-refractivity contribution in [2.75, 3.05) is 11.9 Å². The summed E-state index contributed by atoms with van der Waals surface area (Å²) < 4.78 is 0. The molecule has 1 aromatic heterocycles. The summed E-state index contributed by atoms with van der Waals surface area (Å²) in [6.07, 6.45) is 3.52. The van der Waals surface area contributed by atoms with Gasteiger partial charge in [0.1, 0.15) is 0 Å². The molecular weight excluding hydrogens is 278 g/mol. The third kappa shape index (κ3) is 5.86. The molecule has 1 rings (SSSR count). The molecule has 1 aromatic rings. The Bertz CT molecular complexity index is 429. The SMILES string of the molecule is CCC(CCO)NC(C)CC(=O)Nc1cccnc1Cl. The predicted molar refractivity (Wildman–Crippen MR) is 80.9 cm³/mol.